The Balaban J connectivity index is 1.91. The molecule has 0 aromatic heterocycles. The van der Waals surface area contributed by atoms with Gasteiger partial charge in [0.15, 0.2) is 6.61 Å². The second kappa shape index (κ2) is 12.3. The number of amides is 1. The average Bonchev–Trinajstić information content (AvgIpc) is 2.86. The lowest BCUT2D eigenvalue weighted by atomic mass is 10.2. The van der Waals surface area contributed by atoms with Gasteiger partial charge in [0, 0.05) is 12.1 Å². The molecule has 0 bridgehead atoms. The molecule has 3 rings (SSSR count). The molecule has 0 unspecified atom stereocenters. The quantitative estimate of drug-likeness (QED) is 0.314. The minimum atomic E-state index is -4.10. The van der Waals surface area contributed by atoms with Gasteiger partial charge in [-0.25, -0.2) is 13.2 Å². The first-order valence-corrected chi connectivity index (χ1v) is 13.7. The summed E-state index contributed by atoms with van der Waals surface area (Å²) >= 11 is 6.24. The van der Waals surface area contributed by atoms with Gasteiger partial charge in [0.1, 0.15) is 0 Å². The second-order valence-corrected chi connectivity index (χ2v) is 11.3. The molecule has 3 aromatic rings. The summed E-state index contributed by atoms with van der Waals surface area (Å²) in [5.41, 5.74) is 1.13. The fourth-order valence-corrected chi connectivity index (χ4v) is 5.73. The molecule has 1 amide bonds. The minimum Gasteiger partial charge on any atom is -0.452 e. The van der Waals surface area contributed by atoms with E-state index in [-0.39, 0.29) is 40.0 Å². The number of ether oxygens (including phenoxy) is 1. The van der Waals surface area contributed by atoms with Gasteiger partial charge in [0.05, 0.1) is 27.7 Å². The number of anilines is 1. The molecule has 0 aliphatic rings. The Morgan fingerprint density at radius 3 is 2.00 bits per heavy atom. The van der Waals surface area contributed by atoms with Crippen molar-refractivity contribution in [3.8, 4) is 0 Å². The van der Waals surface area contributed by atoms with E-state index >= 15 is 0 Å². The van der Waals surface area contributed by atoms with Crippen molar-refractivity contribution < 1.29 is 22.7 Å². The van der Waals surface area contributed by atoms with E-state index in [4.69, 9.17) is 16.3 Å². The van der Waals surface area contributed by atoms with E-state index in [1.54, 1.807) is 35.2 Å². The van der Waals surface area contributed by atoms with E-state index in [2.05, 4.69) is 0 Å². The average molecular weight is 543 g/mol. The SMILES string of the molecule is CC(C)N(C(=O)COC(=O)c1cc(S(=O)(=O)N(Cc2ccccc2)c2ccccc2)ccc1Cl)C(C)C. The lowest BCUT2D eigenvalue weighted by Gasteiger charge is -2.30. The third-order valence-corrected chi connectivity index (χ3v) is 7.79. The number of para-hydroxylation sites is 1. The highest BCUT2D eigenvalue weighted by Gasteiger charge is 2.28. The summed E-state index contributed by atoms with van der Waals surface area (Å²) in [5.74, 6) is -1.23. The highest BCUT2D eigenvalue weighted by atomic mass is 35.5. The summed E-state index contributed by atoms with van der Waals surface area (Å²) in [6.07, 6.45) is 0. The maximum Gasteiger partial charge on any atom is 0.340 e. The van der Waals surface area contributed by atoms with Gasteiger partial charge >= 0.3 is 5.97 Å². The van der Waals surface area contributed by atoms with Gasteiger partial charge in [-0.3, -0.25) is 9.10 Å². The standard InChI is InChI=1S/C28H31ClN2O5S/c1-20(2)31(21(3)4)27(32)19-36-28(33)25-17-24(15-16-26(25)29)37(34,35)30(23-13-9-6-10-14-23)18-22-11-7-5-8-12-22/h5-17,20-21H,18-19H2,1-4H3. The third kappa shape index (κ3) is 6.90. The van der Waals surface area contributed by atoms with Crippen LogP contribution in [-0.2, 0) is 26.1 Å². The third-order valence-electron chi connectivity index (χ3n) is 5.69. The van der Waals surface area contributed by atoms with E-state index in [1.165, 1.54) is 22.5 Å². The predicted molar refractivity (Wildman–Crippen MR) is 145 cm³/mol. The molecule has 0 saturated carbocycles. The van der Waals surface area contributed by atoms with Crippen LogP contribution in [-0.4, -0.2) is 43.9 Å². The van der Waals surface area contributed by atoms with E-state index in [0.29, 0.717) is 5.69 Å². The van der Waals surface area contributed by atoms with Crippen LogP contribution in [0.4, 0.5) is 5.69 Å². The van der Waals surface area contributed by atoms with Crippen LogP contribution in [0.1, 0.15) is 43.6 Å². The number of nitrogens with zero attached hydrogens (tertiary/aromatic N) is 2. The summed E-state index contributed by atoms with van der Waals surface area (Å²) in [5, 5.41) is 0.0234. The van der Waals surface area contributed by atoms with Gasteiger partial charge in [-0.2, -0.15) is 0 Å². The molecule has 9 heteroatoms. The number of benzene rings is 3. The smallest absolute Gasteiger partial charge is 0.340 e. The number of esters is 1. The first-order valence-electron chi connectivity index (χ1n) is 11.9. The zero-order chi connectivity index (χ0) is 27.2. The van der Waals surface area contributed by atoms with Crippen LogP contribution in [0.2, 0.25) is 5.02 Å². The van der Waals surface area contributed by atoms with Gasteiger partial charge in [-0.15, -0.1) is 0 Å². The number of rotatable bonds is 10. The summed E-state index contributed by atoms with van der Waals surface area (Å²) in [6.45, 7) is 7.10. The van der Waals surface area contributed by atoms with Crippen molar-refractivity contribution in [2.45, 2.75) is 51.2 Å². The molecule has 0 aliphatic carbocycles. The Labute approximate surface area is 223 Å². The van der Waals surface area contributed by atoms with E-state index < -0.39 is 22.6 Å². The lowest BCUT2D eigenvalue weighted by Crippen LogP contribution is -2.44. The number of hydrogen-bond acceptors (Lipinski definition) is 5. The van der Waals surface area contributed by atoms with Crippen LogP contribution >= 0.6 is 11.6 Å². The molecule has 196 valence electrons. The summed E-state index contributed by atoms with van der Waals surface area (Å²) in [7, 11) is -4.10. The van der Waals surface area contributed by atoms with Crippen LogP contribution in [0.5, 0.6) is 0 Å². The zero-order valence-electron chi connectivity index (χ0n) is 21.3. The summed E-state index contributed by atoms with van der Waals surface area (Å²) in [6, 6.07) is 21.6. The summed E-state index contributed by atoms with van der Waals surface area (Å²) in [4.78, 5) is 26.9. The fraction of sp³-hybridized carbons (Fsp3) is 0.286. The van der Waals surface area contributed by atoms with Crippen LogP contribution in [0, 0.1) is 0 Å². The van der Waals surface area contributed by atoms with Crippen LogP contribution in [0.15, 0.2) is 83.8 Å². The van der Waals surface area contributed by atoms with Gasteiger partial charge in [-0.05, 0) is 63.6 Å². The number of halogens is 1. The van der Waals surface area contributed by atoms with Crippen molar-refractivity contribution in [2.24, 2.45) is 0 Å². The fourth-order valence-electron chi connectivity index (χ4n) is 4.06. The van der Waals surface area contributed by atoms with Crippen molar-refractivity contribution in [2.75, 3.05) is 10.9 Å². The molecule has 0 N–H and O–H groups in total. The molecule has 0 spiro atoms. The Morgan fingerprint density at radius 2 is 1.43 bits per heavy atom. The maximum absolute atomic E-state index is 13.8. The molecule has 7 nitrogen and oxygen atoms in total. The van der Waals surface area contributed by atoms with E-state index in [1.807, 2.05) is 58.0 Å². The predicted octanol–water partition coefficient (Wildman–Crippen LogP) is 5.54. The highest BCUT2D eigenvalue weighted by molar-refractivity contribution is 7.92. The molecular formula is C28H31ClN2O5S. The van der Waals surface area contributed by atoms with E-state index in [0.717, 1.165) is 5.56 Å². The van der Waals surface area contributed by atoms with Crippen LogP contribution in [0.3, 0.4) is 0 Å². The Morgan fingerprint density at radius 1 is 0.865 bits per heavy atom. The maximum atomic E-state index is 13.8. The van der Waals surface area contributed by atoms with Gasteiger partial charge in [0.25, 0.3) is 15.9 Å². The zero-order valence-corrected chi connectivity index (χ0v) is 22.9. The number of carbonyl (C=O) groups excluding carboxylic acids is 2. The van der Waals surface area contributed by atoms with Crippen LogP contribution < -0.4 is 4.31 Å². The van der Waals surface area contributed by atoms with Crippen molar-refractivity contribution >= 4 is 39.2 Å². The molecule has 0 fully saturated rings. The van der Waals surface area contributed by atoms with E-state index in [9.17, 15) is 18.0 Å². The monoisotopic (exact) mass is 542 g/mol. The first kappa shape index (κ1) is 28.2. The Hall–Kier alpha value is -3.36. The largest absolute Gasteiger partial charge is 0.452 e. The second-order valence-electron chi connectivity index (χ2n) is 9.04. The molecule has 0 heterocycles. The number of hydrogen-bond donors (Lipinski definition) is 0. The summed E-state index contributed by atoms with van der Waals surface area (Å²) < 4.78 is 34.1. The molecule has 0 atom stereocenters. The van der Waals surface area contributed by atoms with Crippen molar-refractivity contribution in [1.82, 2.24) is 4.90 Å². The highest BCUT2D eigenvalue weighted by Crippen LogP contribution is 2.28. The first-order chi connectivity index (χ1) is 17.5. The Kier molecular flexibility index (Phi) is 9.34. The molecule has 37 heavy (non-hydrogen) atoms. The van der Waals surface area contributed by atoms with Crippen molar-refractivity contribution in [1.29, 1.82) is 0 Å². The molecule has 0 radical (unpaired) electrons. The molecule has 0 saturated heterocycles. The van der Waals surface area contributed by atoms with Crippen molar-refractivity contribution in [3.05, 3.63) is 95.0 Å². The molecule has 0 aliphatic heterocycles. The minimum absolute atomic E-state index is 0.0234. The topological polar surface area (TPSA) is 84.0 Å². The van der Waals surface area contributed by atoms with Gasteiger partial charge in [0.2, 0.25) is 0 Å². The van der Waals surface area contributed by atoms with Gasteiger partial charge in [-0.1, -0.05) is 60.1 Å². The van der Waals surface area contributed by atoms with Gasteiger partial charge < -0.3 is 9.64 Å². The number of carbonyl (C=O) groups is 2. The van der Waals surface area contributed by atoms with Crippen LogP contribution in [0.25, 0.3) is 0 Å². The number of sulfonamides is 1. The molecular weight excluding hydrogens is 512 g/mol. The Bertz CT molecular complexity index is 1320. The van der Waals surface area contributed by atoms with Crippen molar-refractivity contribution in [3.63, 3.8) is 0 Å². The molecule has 3 aromatic carbocycles. The normalized spacial score (nSPS) is 11.4. The lowest BCUT2D eigenvalue weighted by molar-refractivity contribution is -0.138.